The number of hydrogen-bond acceptors (Lipinski definition) is 6. The lowest BCUT2D eigenvalue weighted by molar-refractivity contribution is 0.324. The Morgan fingerprint density at radius 3 is 1.05 bits per heavy atom. The molecule has 0 radical (unpaired) electrons. The third-order valence-electron chi connectivity index (χ3n) is 8.03. The summed E-state index contributed by atoms with van der Waals surface area (Å²) in [4.78, 5) is 0. The Morgan fingerprint density at radius 2 is 0.744 bits per heavy atom. The van der Waals surface area contributed by atoms with Crippen LogP contribution in [0.4, 0.5) is 0 Å². The summed E-state index contributed by atoms with van der Waals surface area (Å²) in [5.74, 6) is 3.67. The van der Waals surface area contributed by atoms with E-state index < -0.39 is 0 Å². The van der Waals surface area contributed by atoms with Gasteiger partial charge in [-0.3, -0.25) is 0 Å². The summed E-state index contributed by atoms with van der Waals surface area (Å²) in [6.07, 6.45) is 8.36. The molecule has 0 spiro atoms. The molecule has 5 rings (SSSR count). The van der Waals surface area contributed by atoms with Crippen LogP contribution in [0.1, 0.15) is 47.2 Å². The maximum Gasteiger partial charge on any atom is 0.203 e. The van der Waals surface area contributed by atoms with E-state index >= 15 is 0 Å². The van der Waals surface area contributed by atoms with Gasteiger partial charge in [0.25, 0.3) is 0 Å². The van der Waals surface area contributed by atoms with E-state index in [-0.39, 0.29) is 5.41 Å². The normalized spacial score (nSPS) is 13.1. The first-order valence-corrected chi connectivity index (χ1v) is 14.0. The zero-order chi connectivity index (χ0) is 30.7. The predicted octanol–water partition coefficient (Wildman–Crippen LogP) is 8.39. The molecular formula is C37H38O6. The van der Waals surface area contributed by atoms with Gasteiger partial charge in [0.2, 0.25) is 11.5 Å². The topological polar surface area (TPSA) is 55.4 Å². The van der Waals surface area contributed by atoms with E-state index in [0.717, 1.165) is 22.3 Å². The molecule has 0 N–H and O–H groups in total. The van der Waals surface area contributed by atoms with Gasteiger partial charge in [-0.1, -0.05) is 74.5 Å². The molecule has 6 nitrogen and oxygen atoms in total. The summed E-state index contributed by atoms with van der Waals surface area (Å²) in [5, 5.41) is 0. The summed E-state index contributed by atoms with van der Waals surface area (Å²) in [7, 11) is 9.71. The molecule has 0 fully saturated rings. The van der Waals surface area contributed by atoms with Crippen LogP contribution < -0.4 is 28.4 Å². The van der Waals surface area contributed by atoms with Crippen molar-refractivity contribution in [2.45, 2.75) is 19.3 Å². The average Bonchev–Trinajstić information content (AvgIpc) is 3.26. The monoisotopic (exact) mass is 578 g/mol. The van der Waals surface area contributed by atoms with Crippen LogP contribution >= 0.6 is 0 Å². The fourth-order valence-corrected chi connectivity index (χ4v) is 5.76. The molecule has 6 heteroatoms. The predicted molar refractivity (Wildman–Crippen MR) is 174 cm³/mol. The SMILES string of the molecule is COc1cc(/C=C/c2ccc3c(c2)C(C)(C)c2cc(/C=C/c4cc(OC)c(OC)c(OC)c4)ccc2-3)cc(OC)c1OC. The van der Waals surface area contributed by atoms with E-state index in [9.17, 15) is 0 Å². The van der Waals surface area contributed by atoms with Crippen molar-refractivity contribution in [3.05, 3.63) is 94.0 Å². The number of rotatable bonds is 10. The van der Waals surface area contributed by atoms with Gasteiger partial charge in [0.1, 0.15) is 0 Å². The first-order valence-electron chi connectivity index (χ1n) is 14.0. The molecule has 43 heavy (non-hydrogen) atoms. The Labute approximate surface area is 254 Å². The van der Waals surface area contributed by atoms with Crippen LogP contribution in [-0.2, 0) is 5.41 Å². The number of fused-ring (bicyclic) bond motifs is 3. The Bertz CT molecular complexity index is 1540. The van der Waals surface area contributed by atoms with Gasteiger partial charge in [0.05, 0.1) is 42.7 Å². The molecule has 222 valence electrons. The van der Waals surface area contributed by atoms with Crippen LogP contribution in [0.3, 0.4) is 0 Å². The Morgan fingerprint density at radius 1 is 0.419 bits per heavy atom. The van der Waals surface area contributed by atoms with Crippen LogP contribution in [0.25, 0.3) is 35.4 Å². The van der Waals surface area contributed by atoms with Crippen molar-refractivity contribution in [2.75, 3.05) is 42.7 Å². The van der Waals surface area contributed by atoms with Gasteiger partial charge < -0.3 is 28.4 Å². The summed E-state index contributed by atoms with van der Waals surface area (Å²) < 4.78 is 33.0. The molecule has 0 amide bonds. The molecule has 0 atom stereocenters. The third kappa shape index (κ3) is 5.53. The first-order chi connectivity index (χ1) is 20.8. The molecule has 0 aliphatic heterocycles. The van der Waals surface area contributed by atoms with Crippen molar-refractivity contribution in [1.82, 2.24) is 0 Å². The second-order valence-electron chi connectivity index (χ2n) is 10.8. The van der Waals surface area contributed by atoms with E-state index in [4.69, 9.17) is 28.4 Å². The van der Waals surface area contributed by atoms with Crippen LogP contribution in [0, 0.1) is 0 Å². The largest absolute Gasteiger partial charge is 0.493 e. The summed E-state index contributed by atoms with van der Waals surface area (Å²) >= 11 is 0. The van der Waals surface area contributed by atoms with Crippen LogP contribution in [0.2, 0.25) is 0 Å². The highest BCUT2D eigenvalue weighted by Crippen LogP contribution is 2.49. The minimum absolute atomic E-state index is 0.155. The lowest BCUT2D eigenvalue weighted by Gasteiger charge is -2.22. The molecule has 0 unspecified atom stereocenters. The van der Waals surface area contributed by atoms with Crippen molar-refractivity contribution in [1.29, 1.82) is 0 Å². The second kappa shape index (κ2) is 12.2. The highest BCUT2D eigenvalue weighted by atomic mass is 16.5. The Balaban J connectivity index is 1.43. The first kappa shape index (κ1) is 29.6. The standard InChI is InChI=1S/C37H38O6/c1-37(2)29-17-23(9-11-25-19-31(38-3)35(42-7)32(20-25)39-4)13-15-27(29)28-16-14-24(18-30(28)37)10-12-26-21-33(40-5)36(43-8)34(22-26)41-6/h9-22H,1-8H3/b11-9+,12-10+. The minimum Gasteiger partial charge on any atom is -0.493 e. The van der Waals surface area contributed by atoms with E-state index in [1.165, 1.54) is 22.3 Å². The van der Waals surface area contributed by atoms with Gasteiger partial charge in [-0.05, 0) is 68.8 Å². The Hall–Kier alpha value is -4.84. The maximum atomic E-state index is 5.52. The fraction of sp³-hybridized carbons (Fsp3) is 0.243. The second-order valence-corrected chi connectivity index (χ2v) is 10.8. The summed E-state index contributed by atoms with van der Waals surface area (Å²) in [5.41, 5.74) is 9.15. The highest BCUT2D eigenvalue weighted by molar-refractivity contribution is 5.85. The molecule has 4 aromatic carbocycles. The van der Waals surface area contributed by atoms with E-state index in [1.54, 1.807) is 42.7 Å². The van der Waals surface area contributed by atoms with E-state index in [2.05, 4.69) is 74.5 Å². The average molecular weight is 579 g/mol. The van der Waals surface area contributed by atoms with Crippen LogP contribution in [-0.4, -0.2) is 42.7 Å². The number of hydrogen-bond donors (Lipinski definition) is 0. The van der Waals surface area contributed by atoms with Crippen molar-refractivity contribution < 1.29 is 28.4 Å². The van der Waals surface area contributed by atoms with Crippen molar-refractivity contribution in [3.8, 4) is 45.6 Å². The Kier molecular flexibility index (Phi) is 8.40. The maximum absolute atomic E-state index is 5.52. The number of methoxy groups -OCH3 is 6. The van der Waals surface area contributed by atoms with Crippen molar-refractivity contribution in [3.63, 3.8) is 0 Å². The van der Waals surface area contributed by atoms with E-state index in [0.29, 0.717) is 34.5 Å². The minimum atomic E-state index is -0.155. The number of ether oxygens (including phenoxy) is 6. The van der Waals surface area contributed by atoms with Crippen LogP contribution in [0.15, 0.2) is 60.7 Å². The molecule has 1 aliphatic rings. The summed E-state index contributed by atoms with van der Waals surface area (Å²) in [6, 6.07) is 21.1. The molecule has 0 saturated heterocycles. The molecule has 1 aliphatic carbocycles. The summed E-state index contributed by atoms with van der Waals surface area (Å²) in [6.45, 7) is 4.58. The lowest BCUT2D eigenvalue weighted by atomic mass is 9.81. The van der Waals surface area contributed by atoms with Gasteiger partial charge in [-0.2, -0.15) is 0 Å². The van der Waals surface area contributed by atoms with Gasteiger partial charge in [0.15, 0.2) is 23.0 Å². The molecule has 0 saturated carbocycles. The lowest BCUT2D eigenvalue weighted by Crippen LogP contribution is -2.15. The van der Waals surface area contributed by atoms with Crippen molar-refractivity contribution >= 4 is 24.3 Å². The van der Waals surface area contributed by atoms with Gasteiger partial charge >= 0.3 is 0 Å². The van der Waals surface area contributed by atoms with Crippen molar-refractivity contribution in [2.24, 2.45) is 0 Å². The van der Waals surface area contributed by atoms with E-state index in [1.807, 2.05) is 24.3 Å². The third-order valence-corrected chi connectivity index (χ3v) is 8.03. The number of benzene rings is 4. The molecule has 0 bridgehead atoms. The van der Waals surface area contributed by atoms with Crippen LogP contribution in [0.5, 0.6) is 34.5 Å². The zero-order valence-corrected chi connectivity index (χ0v) is 26.0. The zero-order valence-electron chi connectivity index (χ0n) is 26.0. The quantitative estimate of drug-likeness (QED) is 0.176. The smallest absolute Gasteiger partial charge is 0.203 e. The van der Waals surface area contributed by atoms with Gasteiger partial charge in [0, 0.05) is 5.41 Å². The molecule has 0 heterocycles. The molecule has 4 aromatic rings. The highest BCUT2D eigenvalue weighted by Gasteiger charge is 2.35. The molecule has 0 aromatic heterocycles. The van der Waals surface area contributed by atoms with Gasteiger partial charge in [-0.25, -0.2) is 0 Å². The van der Waals surface area contributed by atoms with Gasteiger partial charge in [-0.15, -0.1) is 0 Å². The molecular weight excluding hydrogens is 540 g/mol. The fourth-order valence-electron chi connectivity index (χ4n) is 5.76.